The number of nitrogen functional groups attached to an aromatic ring is 1. The zero-order valence-corrected chi connectivity index (χ0v) is 17.4. The van der Waals surface area contributed by atoms with E-state index in [1.54, 1.807) is 12.1 Å². The van der Waals surface area contributed by atoms with Gasteiger partial charge in [-0.05, 0) is 72.5 Å². The number of fused-ring (bicyclic) bond motifs is 1. The summed E-state index contributed by atoms with van der Waals surface area (Å²) in [5.74, 6) is -0.209. The lowest BCUT2D eigenvalue weighted by Gasteiger charge is -2.34. The highest BCUT2D eigenvalue weighted by molar-refractivity contribution is 5.86. The highest BCUT2D eigenvalue weighted by atomic mass is 19.1. The van der Waals surface area contributed by atoms with Gasteiger partial charge in [0.2, 0.25) is 0 Å². The molecule has 0 radical (unpaired) electrons. The number of piperidine rings is 1. The number of rotatable bonds is 5. The number of aromatic nitrogens is 1. The van der Waals surface area contributed by atoms with Crippen LogP contribution in [-0.4, -0.2) is 24.1 Å². The van der Waals surface area contributed by atoms with E-state index >= 15 is 0 Å². The van der Waals surface area contributed by atoms with Crippen LogP contribution in [0, 0.1) is 5.82 Å². The monoisotopic (exact) mass is 414 g/mol. The molecule has 1 aromatic heterocycles. The molecule has 0 atom stereocenters. The van der Waals surface area contributed by atoms with E-state index in [-0.39, 0.29) is 5.82 Å². The molecule has 1 aliphatic rings. The summed E-state index contributed by atoms with van der Waals surface area (Å²) >= 11 is 0. The molecule has 2 heterocycles. The molecule has 5 heteroatoms. The average molecular weight is 415 g/mol. The lowest BCUT2D eigenvalue weighted by Crippen LogP contribution is -2.42. The summed E-state index contributed by atoms with van der Waals surface area (Å²) in [7, 11) is 0. The van der Waals surface area contributed by atoms with Crippen LogP contribution in [0.15, 0.2) is 72.8 Å². The topological polar surface area (TPSA) is 57.1 Å². The molecular weight excluding hydrogens is 387 g/mol. The number of nitrogens with one attached hydrogen (secondary N) is 2. The molecule has 0 unspecified atom stereocenters. The molecule has 4 N–H and O–H groups in total. The van der Waals surface area contributed by atoms with Gasteiger partial charge in [-0.15, -0.1) is 0 Å². The van der Waals surface area contributed by atoms with Crippen LogP contribution in [0.4, 0.5) is 15.8 Å². The van der Waals surface area contributed by atoms with Crippen LogP contribution in [0.1, 0.15) is 18.4 Å². The Bertz CT molecular complexity index is 1190. The van der Waals surface area contributed by atoms with Crippen LogP contribution in [0.25, 0.3) is 22.2 Å². The van der Waals surface area contributed by atoms with Gasteiger partial charge in [-0.2, -0.15) is 0 Å². The first-order valence-corrected chi connectivity index (χ1v) is 10.9. The lowest BCUT2D eigenvalue weighted by molar-refractivity contribution is 0.414. The van der Waals surface area contributed by atoms with Crippen molar-refractivity contribution in [2.45, 2.75) is 25.4 Å². The first-order valence-electron chi connectivity index (χ1n) is 10.9. The van der Waals surface area contributed by atoms with Gasteiger partial charge in [0.25, 0.3) is 0 Å². The molecule has 4 nitrogen and oxygen atoms in total. The lowest BCUT2D eigenvalue weighted by atomic mass is 10.0. The second kappa shape index (κ2) is 8.44. The largest absolute Gasteiger partial charge is 0.399 e. The first kappa shape index (κ1) is 19.6. The van der Waals surface area contributed by atoms with E-state index in [0.29, 0.717) is 6.04 Å². The predicted molar refractivity (Wildman–Crippen MR) is 127 cm³/mol. The van der Waals surface area contributed by atoms with E-state index in [2.05, 4.69) is 45.5 Å². The van der Waals surface area contributed by atoms with Crippen molar-refractivity contribution in [3.8, 4) is 11.3 Å². The predicted octanol–water partition coefficient (Wildman–Crippen LogP) is 5.31. The quantitative estimate of drug-likeness (QED) is 0.388. The minimum Gasteiger partial charge on any atom is -0.399 e. The summed E-state index contributed by atoms with van der Waals surface area (Å²) in [5, 5.41) is 4.57. The van der Waals surface area contributed by atoms with Crippen LogP contribution >= 0.6 is 0 Å². The molecule has 4 aromatic rings. The van der Waals surface area contributed by atoms with Crippen molar-refractivity contribution in [2.24, 2.45) is 0 Å². The van der Waals surface area contributed by atoms with Crippen LogP contribution in [0.3, 0.4) is 0 Å². The van der Waals surface area contributed by atoms with Crippen molar-refractivity contribution in [1.29, 1.82) is 0 Å². The van der Waals surface area contributed by atoms with E-state index in [1.807, 2.05) is 24.3 Å². The summed E-state index contributed by atoms with van der Waals surface area (Å²) in [6.45, 7) is 2.90. The minimum atomic E-state index is -0.209. The van der Waals surface area contributed by atoms with E-state index in [9.17, 15) is 4.39 Å². The van der Waals surface area contributed by atoms with Gasteiger partial charge in [0.1, 0.15) is 5.82 Å². The first-order chi connectivity index (χ1) is 15.1. The van der Waals surface area contributed by atoms with Gasteiger partial charge >= 0.3 is 0 Å². The number of H-pyrrole nitrogens is 1. The molecule has 0 amide bonds. The van der Waals surface area contributed by atoms with Gasteiger partial charge in [-0.1, -0.05) is 24.3 Å². The summed E-state index contributed by atoms with van der Waals surface area (Å²) in [6.07, 6.45) is 2.22. The van der Waals surface area contributed by atoms with E-state index in [4.69, 9.17) is 5.73 Å². The van der Waals surface area contributed by atoms with Gasteiger partial charge in [-0.25, -0.2) is 4.39 Å². The Balaban J connectivity index is 1.23. The maximum absolute atomic E-state index is 13.5. The van der Waals surface area contributed by atoms with Crippen molar-refractivity contribution >= 4 is 22.3 Å². The number of halogens is 1. The third-order valence-corrected chi connectivity index (χ3v) is 6.15. The number of nitrogens with zero attached hydrogens (tertiary/aromatic N) is 1. The smallest absolute Gasteiger partial charge is 0.123 e. The molecule has 158 valence electrons. The second-order valence-corrected chi connectivity index (χ2v) is 8.35. The highest BCUT2D eigenvalue weighted by Gasteiger charge is 2.19. The summed E-state index contributed by atoms with van der Waals surface area (Å²) < 4.78 is 13.5. The number of aromatic amines is 1. The molecule has 1 aliphatic heterocycles. The van der Waals surface area contributed by atoms with E-state index in [0.717, 1.165) is 60.3 Å². The fourth-order valence-corrected chi connectivity index (χ4v) is 4.44. The van der Waals surface area contributed by atoms with Crippen LogP contribution in [0.2, 0.25) is 0 Å². The number of nitrogens with two attached hydrogens (primary N) is 1. The fourth-order valence-electron chi connectivity index (χ4n) is 4.44. The van der Waals surface area contributed by atoms with Crippen LogP contribution in [0.5, 0.6) is 0 Å². The molecule has 5 rings (SSSR count). The maximum Gasteiger partial charge on any atom is 0.123 e. The Morgan fingerprint density at radius 3 is 2.65 bits per heavy atom. The molecule has 3 aromatic carbocycles. The number of hydrogen-bond acceptors (Lipinski definition) is 3. The normalized spacial score (nSPS) is 14.9. The van der Waals surface area contributed by atoms with Crippen molar-refractivity contribution in [3.63, 3.8) is 0 Å². The molecule has 0 spiro atoms. The second-order valence-electron chi connectivity index (χ2n) is 8.35. The Kier molecular flexibility index (Phi) is 5.35. The average Bonchev–Trinajstić information content (AvgIpc) is 3.21. The molecule has 0 aliphatic carbocycles. The summed E-state index contributed by atoms with van der Waals surface area (Å²) in [5.41, 5.74) is 12.2. The number of benzene rings is 3. The Labute approximate surface area is 181 Å². The summed E-state index contributed by atoms with van der Waals surface area (Å²) in [6, 6.07) is 24.1. The van der Waals surface area contributed by atoms with Crippen molar-refractivity contribution < 1.29 is 4.39 Å². The van der Waals surface area contributed by atoms with Crippen LogP contribution < -0.4 is 16.0 Å². The van der Waals surface area contributed by atoms with E-state index < -0.39 is 0 Å². The third-order valence-electron chi connectivity index (χ3n) is 6.15. The van der Waals surface area contributed by atoms with Crippen LogP contribution in [-0.2, 0) is 6.54 Å². The minimum absolute atomic E-state index is 0.209. The van der Waals surface area contributed by atoms with Crippen molar-refractivity contribution in [2.75, 3.05) is 23.7 Å². The Morgan fingerprint density at radius 1 is 0.968 bits per heavy atom. The number of hydrogen-bond donors (Lipinski definition) is 3. The maximum atomic E-state index is 13.5. The van der Waals surface area contributed by atoms with Crippen molar-refractivity contribution in [1.82, 2.24) is 10.3 Å². The molecular formula is C26H27FN4. The zero-order chi connectivity index (χ0) is 21.2. The molecule has 31 heavy (non-hydrogen) atoms. The molecule has 0 saturated carbocycles. The van der Waals surface area contributed by atoms with E-state index in [1.165, 1.54) is 17.3 Å². The molecule has 1 saturated heterocycles. The Hall–Kier alpha value is -3.31. The molecule has 0 bridgehead atoms. The summed E-state index contributed by atoms with van der Waals surface area (Å²) in [4.78, 5) is 5.86. The molecule has 1 fully saturated rings. The van der Waals surface area contributed by atoms with Crippen molar-refractivity contribution in [3.05, 3.63) is 84.2 Å². The Morgan fingerprint density at radius 2 is 1.81 bits per heavy atom. The van der Waals surface area contributed by atoms with Gasteiger partial charge in [-0.3, -0.25) is 0 Å². The van der Waals surface area contributed by atoms with Gasteiger partial charge in [0.15, 0.2) is 0 Å². The van der Waals surface area contributed by atoms with Gasteiger partial charge in [0.05, 0.1) is 0 Å². The third kappa shape index (κ3) is 4.42. The number of anilines is 2. The SMILES string of the molecule is Nc1cccc(CNC2CCN(c3cccc(-c4cc5cc(F)ccc5[nH]4)c3)CC2)c1. The van der Waals surface area contributed by atoms with Gasteiger partial charge in [0, 0.05) is 53.6 Å². The van der Waals surface area contributed by atoms with Gasteiger partial charge < -0.3 is 20.9 Å². The fraction of sp³-hybridized carbons (Fsp3) is 0.231. The zero-order valence-electron chi connectivity index (χ0n) is 17.4. The standard InChI is InChI=1S/C26H27FN4/c27-21-7-8-25-20(14-21)16-26(30-25)19-4-2-6-24(15-19)31-11-9-23(10-12-31)29-17-18-3-1-5-22(28)13-18/h1-8,13-16,23,29-30H,9-12,17,28H2. The highest BCUT2D eigenvalue weighted by Crippen LogP contribution is 2.29.